The van der Waals surface area contributed by atoms with E-state index in [-0.39, 0.29) is 22.7 Å². The second-order valence-corrected chi connectivity index (χ2v) is 15.7. The van der Waals surface area contributed by atoms with Gasteiger partial charge in [-0.1, -0.05) is 159 Å². The van der Waals surface area contributed by atoms with Gasteiger partial charge in [-0.2, -0.15) is 0 Å². The molecule has 2 unspecified atom stereocenters. The first kappa shape index (κ1) is 33.3. The lowest BCUT2D eigenvalue weighted by atomic mass is 9.74. The van der Waals surface area contributed by atoms with Crippen molar-refractivity contribution in [2.75, 3.05) is 0 Å². The fourth-order valence-corrected chi connectivity index (χ4v) is 7.43. The minimum absolute atomic E-state index is 0.0128. The first-order chi connectivity index (χ1) is 22.8. The van der Waals surface area contributed by atoms with Crippen LogP contribution in [0.2, 0.25) is 0 Å². The Hall–Kier alpha value is -4.58. The summed E-state index contributed by atoms with van der Waals surface area (Å²) >= 11 is 0. The van der Waals surface area contributed by atoms with Gasteiger partial charge in [0, 0.05) is 23.8 Å². The number of phenolic OH excluding ortho intramolecular Hbond substituents is 1. The summed E-state index contributed by atoms with van der Waals surface area (Å²) in [7, 11) is 0. The van der Waals surface area contributed by atoms with Gasteiger partial charge in [0.25, 0.3) is 0 Å². The highest BCUT2D eigenvalue weighted by atomic mass is 16.3. The van der Waals surface area contributed by atoms with Crippen LogP contribution in [-0.2, 0) is 17.3 Å². The average Bonchev–Trinajstić information content (AvgIpc) is 3.04. The van der Waals surface area contributed by atoms with E-state index in [1.807, 2.05) is 6.07 Å². The minimum Gasteiger partial charge on any atom is -0.507 e. The van der Waals surface area contributed by atoms with Gasteiger partial charge in [0.15, 0.2) is 0 Å². The fraction of sp³-hybridized carbons (Fsp3) is 0.298. The lowest BCUT2D eigenvalue weighted by molar-refractivity contribution is 0.458. The van der Waals surface area contributed by atoms with Gasteiger partial charge in [-0.15, -0.1) is 5.73 Å². The summed E-state index contributed by atoms with van der Waals surface area (Å²) < 4.78 is 0. The van der Waals surface area contributed by atoms with Gasteiger partial charge in [-0.25, -0.2) is 0 Å². The zero-order valence-electron chi connectivity index (χ0n) is 30.0. The first-order valence-electron chi connectivity index (χ1n) is 17.5. The van der Waals surface area contributed by atoms with E-state index < -0.39 is 0 Å². The normalized spacial score (nSPS) is 15.1. The maximum absolute atomic E-state index is 11.7. The van der Waals surface area contributed by atoms with E-state index in [4.69, 9.17) is 0 Å². The second-order valence-electron chi connectivity index (χ2n) is 15.7. The van der Waals surface area contributed by atoms with Crippen molar-refractivity contribution in [1.29, 1.82) is 0 Å². The van der Waals surface area contributed by atoms with E-state index in [2.05, 4.69) is 170 Å². The number of fused-ring (bicyclic) bond motifs is 2. The molecule has 0 heterocycles. The van der Waals surface area contributed by atoms with Crippen molar-refractivity contribution in [3.63, 3.8) is 0 Å². The number of hydrogen-bond donors (Lipinski definition) is 1. The summed E-state index contributed by atoms with van der Waals surface area (Å²) in [5.74, 6) is 0.619. The van der Waals surface area contributed by atoms with Crippen LogP contribution < -0.4 is 0 Å². The highest BCUT2D eigenvalue weighted by molar-refractivity contribution is 5.97. The third-order valence-electron chi connectivity index (χ3n) is 10.1. The van der Waals surface area contributed by atoms with Crippen LogP contribution in [0.15, 0.2) is 109 Å². The molecular weight excluding hydrogens is 581 g/mol. The molecule has 0 radical (unpaired) electrons. The molecule has 0 saturated carbocycles. The summed E-state index contributed by atoms with van der Waals surface area (Å²) in [5, 5.41) is 14.3. The van der Waals surface area contributed by atoms with Gasteiger partial charge >= 0.3 is 0 Å². The maximum atomic E-state index is 11.7. The molecule has 2 atom stereocenters. The summed E-state index contributed by atoms with van der Waals surface area (Å²) in [4.78, 5) is 0. The van der Waals surface area contributed by atoms with Crippen LogP contribution in [0.1, 0.15) is 129 Å². The Kier molecular flexibility index (Phi) is 9.12. The zero-order chi connectivity index (χ0) is 34.2. The molecule has 5 aromatic carbocycles. The molecule has 6 rings (SSSR count). The van der Waals surface area contributed by atoms with Gasteiger partial charge in [-0.3, -0.25) is 0 Å². The molecule has 244 valence electrons. The van der Waals surface area contributed by atoms with Crippen LogP contribution >= 0.6 is 0 Å². The van der Waals surface area contributed by atoms with Crippen molar-refractivity contribution in [2.45, 2.75) is 90.9 Å². The highest BCUT2D eigenvalue weighted by Gasteiger charge is 2.28. The molecule has 0 aromatic heterocycles. The molecule has 0 bridgehead atoms. The number of rotatable bonds is 6. The number of allylic oxidation sites excluding steroid dienone is 2. The second kappa shape index (κ2) is 13.1. The van der Waals surface area contributed by atoms with Crippen LogP contribution in [0.3, 0.4) is 0 Å². The third kappa shape index (κ3) is 6.58. The van der Waals surface area contributed by atoms with Gasteiger partial charge in [0.05, 0.1) is 0 Å². The minimum atomic E-state index is -0.0337. The molecule has 0 aliphatic heterocycles. The zero-order valence-corrected chi connectivity index (χ0v) is 30.0. The largest absolute Gasteiger partial charge is 0.507 e. The quantitative estimate of drug-likeness (QED) is 0.185. The molecule has 0 amide bonds. The molecule has 1 nitrogen and oxygen atoms in total. The van der Waals surface area contributed by atoms with Crippen LogP contribution in [0.25, 0.3) is 22.9 Å². The maximum Gasteiger partial charge on any atom is 0.122 e. The van der Waals surface area contributed by atoms with Gasteiger partial charge in [-0.05, 0) is 90.2 Å². The Balaban J connectivity index is 1.42. The summed E-state index contributed by atoms with van der Waals surface area (Å²) in [5.41, 5.74) is 15.7. The monoisotopic (exact) mass is 630 g/mol. The molecule has 48 heavy (non-hydrogen) atoms. The van der Waals surface area contributed by atoms with E-state index >= 15 is 0 Å². The molecule has 0 spiro atoms. The van der Waals surface area contributed by atoms with E-state index in [9.17, 15) is 5.11 Å². The Morgan fingerprint density at radius 2 is 1.33 bits per heavy atom. The van der Waals surface area contributed by atoms with Gasteiger partial charge in [0.1, 0.15) is 5.75 Å². The van der Waals surface area contributed by atoms with E-state index in [0.29, 0.717) is 12.2 Å². The summed E-state index contributed by atoms with van der Waals surface area (Å²) in [6.45, 7) is 18.3. The van der Waals surface area contributed by atoms with Gasteiger partial charge < -0.3 is 5.11 Å². The molecule has 0 saturated heterocycles. The third-order valence-corrected chi connectivity index (χ3v) is 10.1. The SMILES string of the molecule is CC(c1ccc(C(C)c2c3c(c(C(C)(C)C)c4ccccc24)/C=C\CC=C=C3)cc1)c1cc(C(C)(C)C)cc(Cc2ccccc2)c1O. The molecule has 5 aromatic rings. The van der Waals surface area contributed by atoms with Crippen LogP contribution in [0.4, 0.5) is 0 Å². The molecule has 1 aliphatic carbocycles. The number of phenols is 1. The molecule has 1 N–H and O–H groups in total. The van der Waals surface area contributed by atoms with Crippen molar-refractivity contribution < 1.29 is 5.11 Å². The smallest absolute Gasteiger partial charge is 0.122 e. The van der Waals surface area contributed by atoms with Crippen molar-refractivity contribution in [3.05, 3.63) is 165 Å². The van der Waals surface area contributed by atoms with Gasteiger partial charge in [0.2, 0.25) is 0 Å². The Morgan fingerprint density at radius 3 is 1.98 bits per heavy atom. The number of benzene rings is 5. The molecular formula is C47H50O. The molecule has 1 heteroatoms. The summed E-state index contributed by atoms with van der Waals surface area (Å²) in [6.07, 6.45) is 10.5. The van der Waals surface area contributed by atoms with E-state index in [1.54, 1.807) is 0 Å². The van der Waals surface area contributed by atoms with Crippen molar-refractivity contribution in [3.8, 4) is 5.75 Å². The van der Waals surface area contributed by atoms with Crippen molar-refractivity contribution in [2.24, 2.45) is 0 Å². The van der Waals surface area contributed by atoms with Crippen LogP contribution in [-0.4, -0.2) is 5.11 Å². The number of hydrogen-bond acceptors (Lipinski definition) is 1. The van der Waals surface area contributed by atoms with Crippen molar-refractivity contribution >= 4 is 22.9 Å². The van der Waals surface area contributed by atoms with Crippen LogP contribution in [0.5, 0.6) is 5.75 Å². The molecule has 0 fully saturated rings. The fourth-order valence-electron chi connectivity index (χ4n) is 7.43. The highest BCUT2D eigenvalue weighted by Crippen LogP contribution is 2.44. The topological polar surface area (TPSA) is 20.2 Å². The van der Waals surface area contributed by atoms with Crippen molar-refractivity contribution in [1.82, 2.24) is 0 Å². The standard InChI is InChI=1S/C47H50O/c1-31(42-30-37(46(3,4)5)29-36(45(42)48)28-33-18-12-11-13-19-33)34-24-26-35(27-25-34)32(2)43-38-20-14-9-10-15-22-40(38)44(47(6,7)8)41-23-17-16-21-39(41)43/h9,11-13,15-27,29-32,48H,10,28H2,1-8H3/b22-15-. The van der Waals surface area contributed by atoms with Crippen LogP contribution in [0, 0.1) is 0 Å². The van der Waals surface area contributed by atoms with E-state index in [0.717, 1.165) is 17.5 Å². The first-order valence-corrected chi connectivity index (χ1v) is 17.5. The lowest BCUT2D eigenvalue weighted by Crippen LogP contribution is -2.17. The van der Waals surface area contributed by atoms with E-state index in [1.165, 1.54) is 55.3 Å². The Labute approximate surface area is 288 Å². The lowest BCUT2D eigenvalue weighted by Gasteiger charge is -2.30. The summed E-state index contributed by atoms with van der Waals surface area (Å²) in [6, 6.07) is 32.9. The predicted octanol–water partition coefficient (Wildman–Crippen LogP) is 12.6. The average molecular weight is 631 g/mol. The number of aromatic hydroxyl groups is 1. The Bertz CT molecular complexity index is 2040. The Morgan fingerprint density at radius 1 is 0.708 bits per heavy atom. The predicted molar refractivity (Wildman–Crippen MR) is 206 cm³/mol. The molecule has 1 aliphatic rings.